The third-order valence-corrected chi connectivity index (χ3v) is 5.38. The monoisotopic (exact) mass is 336 g/mol. The van der Waals surface area contributed by atoms with Crippen molar-refractivity contribution in [2.24, 2.45) is 0 Å². The summed E-state index contributed by atoms with van der Waals surface area (Å²) < 4.78 is 1.89. The largest absolute Gasteiger partial charge is 0.384 e. The molecule has 1 aliphatic carbocycles. The van der Waals surface area contributed by atoms with E-state index in [2.05, 4.69) is 35.3 Å². The number of hydrogen-bond acceptors (Lipinski definition) is 4. The first kappa shape index (κ1) is 16.2. The molecule has 0 spiro atoms. The highest BCUT2D eigenvalue weighted by Gasteiger charge is 2.36. The predicted octanol–water partition coefficient (Wildman–Crippen LogP) is 2.83. The number of fused-ring (bicyclic) bond motifs is 2. The number of nitrogens with one attached hydrogen (secondary N) is 1. The molecule has 5 nitrogen and oxygen atoms in total. The van der Waals surface area contributed by atoms with Crippen LogP contribution in [-0.2, 0) is 12.0 Å². The zero-order valence-corrected chi connectivity index (χ0v) is 15.0. The Labute approximate surface area is 147 Å². The van der Waals surface area contributed by atoms with Crippen LogP contribution in [0.2, 0.25) is 0 Å². The second-order valence-electron chi connectivity index (χ2n) is 7.15. The molecule has 1 aromatic carbocycles. The van der Waals surface area contributed by atoms with Crippen LogP contribution in [-0.4, -0.2) is 26.2 Å². The lowest BCUT2D eigenvalue weighted by molar-refractivity contribution is 0.0363. The normalized spacial score (nSPS) is 20.8. The van der Waals surface area contributed by atoms with Crippen molar-refractivity contribution >= 4 is 5.65 Å². The van der Waals surface area contributed by atoms with E-state index < -0.39 is 5.60 Å². The van der Waals surface area contributed by atoms with Gasteiger partial charge in [-0.3, -0.25) is 0 Å². The number of aromatic nitrogens is 3. The molecule has 2 heterocycles. The fourth-order valence-electron chi connectivity index (χ4n) is 3.89. The number of nitrogens with zero attached hydrogens (tertiary/aromatic N) is 3. The van der Waals surface area contributed by atoms with E-state index in [1.165, 1.54) is 5.56 Å². The Hall–Kier alpha value is -2.24. The van der Waals surface area contributed by atoms with Gasteiger partial charge >= 0.3 is 0 Å². The minimum absolute atomic E-state index is 0.0817. The van der Waals surface area contributed by atoms with Crippen molar-refractivity contribution in [3.05, 3.63) is 64.6 Å². The van der Waals surface area contributed by atoms with E-state index in [0.717, 1.165) is 41.0 Å². The minimum atomic E-state index is -0.793. The second-order valence-corrected chi connectivity index (χ2v) is 7.15. The number of benzene rings is 1. The molecule has 1 aliphatic rings. The third kappa shape index (κ3) is 2.73. The molecule has 2 aromatic heterocycles. The van der Waals surface area contributed by atoms with Crippen LogP contribution in [0, 0.1) is 13.8 Å². The van der Waals surface area contributed by atoms with E-state index in [1.54, 1.807) is 0 Å². The zero-order chi connectivity index (χ0) is 17.6. The first-order valence-corrected chi connectivity index (χ1v) is 8.84. The van der Waals surface area contributed by atoms with Gasteiger partial charge in [0.2, 0.25) is 0 Å². The smallest absolute Gasteiger partial charge is 0.155 e. The maximum atomic E-state index is 11.1. The Balaban J connectivity index is 1.55. The van der Waals surface area contributed by atoms with Crippen LogP contribution in [0.4, 0.5) is 0 Å². The van der Waals surface area contributed by atoms with Crippen LogP contribution in [0.1, 0.15) is 47.5 Å². The SMILES string of the molecule is Cc1cc2ncc(C(C)NCC3(O)CCc4ccccc43)c(C)n2n1. The molecule has 0 bridgehead atoms. The van der Waals surface area contributed by atoms with Crippen LogP contribution in [0.3, 0.4) is 0 Å². The van der Waals surface area contributed by atoms with Gasteiger partial charge in [0.05, 0.1) is 5.69 Å². The Morgan fingerprint density at radius 3 is 2.96 bits per heavy atom. The van der Waals surface area contributed by atoms with Gasteiger partial charge in [0.25, 0.3) is 0 Å². The summed E-state index contributed by atoms with van der Waals surface area (Å²) in [4.78, 5) is 4.51. The van der Waals surface area contributed by atoms with E-state index in [-0.39, 0.29) is 6.04 Å². The number of aliphatic hydroxyl groups is 1. The summed E-state index contributed by atoms with van der Waals surface area (Å²) in [7, 11) is 0. The molecule has 2 atom stereocenters. The van der Waals surface area contributed by atoms with Crippen molar-refractivity contribution in [1.29, 1.82) is 0 Å². The zero-order valence-electron chi connectivity index (χ0n) is 15.0. The molecule has 25 heavy (non-hydrogen) atoms. The van der Waals surface area contributed by atoms with Gasteiger partial charge in [0, 0.05) is 36.1 Å². The molecule has 0 radical (unpaired) electrons. The molecule has 2 N–H and O–H groups in total. The van der Waals surface area contributed by atoms with Crippen LogP contribution in [0.25, 0.3) is 5.65 Å². The van der Waals surface area contributed by atoms with Gasteiger partial charge in [-0.15, -0.1) is 0 Å². The quantitative estimate of drug-likeness (QED) is 0.769. The van der Waals surface area contributed by atoms with E-state index in [1.807, 2.05) is 41.9 Å². The van der Waals surface area contributed by atoms with Gasteiger partial charge in [-0.1, -0.05) is 24.3 Å². The molecular weight excluding hydrogens is 312 g/mol. The maximum absolute atomic E-state index is 11.1. The number of hydrogen-bond donors (Lipinski definition) is 2. The highest BCUT2D eigenvalue weighted by molar-refractivity contribution is 5.42. The van der Waals surface area contributed by atoms with E-state index in [4.69, 9.17) is 0 Å². The molecule has 0 aliphatic heterocycles. The molecule has 4 rings (SSSR count). The number of aryl methyl sites for hydroxylation is 3. The second kappa shape index (κ2) is 5.93. The minimum Gasteiger partial charge on any atom is -0.384 e. The molecule has 130 valence electrons. The van der Waals surface area contributed by atoms with Crippen molar-refractivity contribution in [3.8, 4) is 0 Å². The Morgan fingerprint density at radius 2 is 2.12 bits per heavy atom. The molecule has 0 saturated carbocycles. The fourth-order valence-corrected chi connectivity index (χ4v) is 3.89. The summed E-state index contributed by atoms with van der Waals surface area (Å²) in [6.45, 7) is 6.67. The average Bonchev–Trinajstić information content (AvgIpc) is 3.15. The Morgan fingerprint density at radius 1 is 1.32 bits per heavy atom. The standard InChI is InChI=1S/C20H24N4O/c1-13-10-19-21-11-17(15(3)24(19)23-13)14(2)22-12-20(25)9-8-16-6-4-5-7-18(16)20/h4-7,10-11,14,22,25H,8-9,12H2,1-3H3. The molecular formula is C20H24N4O. The first-order chi connectivity index (χ1) is 12.0. The third-order valence-electron chi connectivity index (χ3n) is 5.38. The van der Waals surface area contributed by atoms with Crippen molar-refractivity contribution in [3.63, 3.8) is 0 Å². The van der Waals surface area contributed by atoms with Gasteiger partial charge in [-0.2, -0.15) is 5.10 Å². The van der Waals surface area contributed by atoms with Gasteiger partial charge < -0.3 is 10.4 Å². The van der Waals surface area contributed by atoms with Crippen LogP contribution in [0.5, 0.6) is 0 Å². The van der Waals surface area contributed by atoms with E-state index in [0.29, 0.717) is 6.54 Å². The Kier molecular flexibility index (Phi) is 3.85. The molecule has 5 heteroatoms. The highest BCUT2D eigenvalue weighted by Crippen LogP contribution is 2.36. The maximum Gasteiger partial charge on any atom is 0.155 e. The lowest BCUT2D eigenvalue weighted by Crippen LogP contribution is -2.37. The molecule has 0 fully saturated rings. The number of rotatable bonds is 4. The topological polar surface area (TPSA) is 62.5 Å². The van der Waals surface area contributed by atoms with E-state index in [9.17, 15) is 5.11 Å². The summed E-state index contributed by atoms with van der Waals surface area (Å²) in [5, 5.41) is 19.1. The lowest BCUT2D eigenvalue weighted by Gasteiger charge is -2.27. The summed E-state index contributed by atoms with van der Waals surface area (Å²) in [6.07, 6.45) is 3.61. The molecule has 3 aromatic rings. The van der Waals surface area contributed by atoms with Gasteiger partial charge in [-0.25, -0.2) is 9.50 Å². The summed E-state index contributed by atoms with van der Waals surface area (Å²) in [5.41, 5.74) is 5.54. The van der Waals surface area contributed by atoms with Crippen LogP contribution >= 0.6 is 0 Å². The van der Waals surface area contributed by atoms with Crippen molar-refractivity contribution < 1.29 is 5.11 Å². The summed E-state index contributed by atoms with van der Waals surface area (Å²) >= 11 is 0. The molecule has 2 unspecified atom stereocenters. The summed E-state index contributed by atoms with van der Waals surface area (Å²) in [6, 6.07) is 10.3. The van der Waals surface area contributed by atoms with Crippen LogP contribution < -0.4 is 5.32 Å². The highest BCUT2D eigenvalue weighted by atomic mass is 16.3. The average molecular weight is 336 g/mol. The molecule has 0 amide bonds. The fraction of sp³-hybridized carbons (Fsp3) is 0.400. The first-order valence-electron chi connectivity index (χ1n) is 8.84. The van der Waals surface area contributed by atoms with Gasteiger partial charge in [0.1, 0.15) is 5.60 Å². The van der Waals surface area contributed by atoms with Crippen molar-refractivity contribution in [2.45, 2.75) is 45.3 Å². The lowest BCUT2D eigenvalue weighted by atomic mass is 9.95. The summed E-state index contributed by atoms with van der Waals surface area (Å²) in [5.74, 6) is 0. The van der Waals surface area contributed by atoms with Crippen molar-refractivity contribution in [2.75, 3.05) is 6.54 Å². The van der Waals surface area contributed by atoms with E-state index >= 15 is 0 Å². The Bertz CT molecular complexity index is 933. The van der Waals surface area contributed by atoms with Crippen LogP contribution in [0.15, 0.2) is 36.5 Å². The predicted molar refractivity (Wildman–Crippen MR) is 97.5 cm³/mol. The van der Waals surface area contributed by atoms with Crippen molar-refractivity contribution in [1.82, 2.24) is 19.9 Å². The molecule has 0 saturated heterocycles. The van der Waals surface area contributed by atoms with Gasteiger partial charge in [-0.05, 0) is 44.7 Å². The van der Waals surface area contributed by atoms with Gasteiger partial charge in [0.15, 0.2) is 5.65 Å².